The highest BCUT2D eigenvalue weighted by atomic mass is 32.5. The van der Waals surface area contributed by atoms with Crippen molar-refractivity contribution in [3.05, 3.63) is 22.7 Å². The number of aromatic nitrogens is 2. The summed E-state index contributed by atoms with van der Waals surface area (Å²) in [5.74, 6) is 2.46. The van der Waals surface area contributed by atoms with Crippen LogP contribution in [0.3, 0.4) is 0 Å². The van der Waals surface area contributed by atoms with Gasteiger partial charge in [-0.05, 0) is 31.7 Å². The van der Waals surface area contributed by atoms with Crippen molar-refractivity contribution < 1.29 is 23.4 Å². The zero-order chi connectivity index (χ0) is 22.7. The number of rotatable bonds is 8. The molecular formula is C19H29N3O6PS-. The molecule has 0 aromatic carbocycles. The molecule has 9 nitrogen and oxygen atoms in total. The third-order valence-electron chi connectivity index (χ3n) is 4.17. The molecule has 2 heterocycles. The van der Waals surface area contributed by atoms with Crippen molar-refractivity contribution in [2.45, 2.75) is 71.7 Å². The number of terminal acetylenes is 1. The average molecular weight is 458 g/mol. The van der Waals surface area contributed by atoms with Crippen LogP contribution in [0.15, 0.2) is 17.1 Å². The van der Waals surface area contributed by atoms with Crippen LogP contribution in [0, 0.1) is 17.8 Å². The van der Waals surface area contributed by atoms with Crippen molar-refractivity contribution in [3.63, 3.8) is 0 Å². The van der Waals surface area contributed by atoms with Crippen molar-refractivity contribution in [1.82, 2.24) is 9.55 Å². The minimum Gasteiger partial charge on any atom is -0.780 e. The Kier molecular flexibility index (Phi) is 8.22. The van der Waals surface area contributed by atoms with Gasteiger partial charge in [0, 0.05) is 6.20 Å². The highest BCUT2D eigenvalue weighted by molar-refractivity contribution is 8.06. The molecule has 0 saturated carbocycles. The molecule has 0 radical (unpaired) electrons. The molecule has 5 atom stereocenters. The minimum atomic E-state index is -3.86. The molecular weight excluding hydrogens is 429 g/mol. The van der Waals surface area contributed by atoms with E-state index in [0.717, 1.165) is 0 Å². The summed E-state index contributed by atoms with van der Waals surface area (Å²) in [5.41, 5.74) is 4.80. The van der Waals surface area contributed by atoms with E-state index in [1.807, 2.05) is 20.8 Å². The number of hydrogen-bond donors (Lipinski definition) is 1. The van der Waals surface area contributed by atoms with Gasteiger partial charge in [-0.2, -0.15) is 4.98 Å². The van der Waals surface area contributed by atoms with Crippen molar-refractivity contribution in [2.24, 2.45) is 5.41 Å². The fourth-order valence-corrected chi connectivity index (χ4v) is 5.13. The number of hydrogen-bond acceptors (Lipinski definition) is 9. The Morgan fingerprint density at radius 3 is 2.67 bits per heavy atom. The second-order valence-electron chi connectivity index (χ2n) is 8.52. The van der Waals surface area contributed by atoms with Crippen molar-refractivity contribution in [3.8, 4) is 12.3 Å². The van der Waals surface area contributed by atoms with Crippen molar-refractivity contribution in [2.75, 3.05) is 12.3 Å². The topological polar surface area (TPSA) is 121 Å². The van der Waals surface area contributed by atoms with E-state index in [-0.39, 0.29) is 17.8 Å². The molecule has 1 saturated heterocycles. The molecule has 2 unspecified atom stereocenters. The van der Waals surface area contributed by atoms with Gasteiger partial charge in [0.15, 0.2) is 6.23 Å². The van der Waals surface area contributed by atoms with Gasteiger partial charge in [0.05, 0.1) is 12.2 Å². The van der Waals surface area contributed by atoms with Crippen LogP contribution in [0.1, 0.15) is 47.3 Å². The van der Waals surface area contributed by atoms with E-state index < -0.39 is 43.1 Å². The number of ether oxygens (including phenoxy) is 2. The lowest BCUT2D eigenvalue weighted by atomic mass is 9.87. The highest BCUT2D eigenvalue weighted by Gasteiger charge is 2.49. The largest absolute Gasteiger partial charge is 0.780 e. The van der Waals surface area contributed by atoms with Crippen molar-refractivity contribution >= 4 is 24.3 Å². The lowest BCUT2D eigenvalue weighted by Gasteiger charge is -2.36. The van der Waals surface area contributed by atoms with Crippen LogP contribution in [0.25, 0.3) is 0 Å². The molecule has 0 spiro atoms. The molecule has 30 heavy (non-hydrogen) atoms. The summed E-state index contributed by atoms with van der Waals surface area (Å²) in [5, 5.41) is 0. The van der Waals surface area contributed by atoms with Gasteiger partial charge in [-0.25, -0.2) is 4.79 Å². The maximum absolute atomic E-state index is 12.8. The fraction of sp³-hybridized carbons (Fsp3) is 0.684. The van der Waals surface area contributed by atoms with Gasteiger partial charge in [0.1, 0.15) is 31.4 Å². The molecule has 2 rings (SSSR count). The highest BCUT2D eigenvalue weighted by Crippen LogP contribution is 2.48. The third kappa shape index (κ3) is 6.86. The summed E-state index contributed by atoms with van der Waals surface area (Å²) in [4.78, 5) is 29.0. The second kappa shape index (κ2) is 9.88. The van der Waals surface area contributed by atoms with Gasteiger partial charge in [-0.3, -0.25) is 4.57 Å². The quantitative estimate of drug-likeness (QED) is 0.457. The van der Waals surface area contributed by atoms with Crippen LogP contribution in [0.4, 0.5) is 5.82 Å². The molecule has 0 aliphatic carbocycles. The van der Waals surface area contributed by atoms with Crippen LogP contribution in [-0.2, 0) is 30.3 Å². The number of anilines is 1. The van der Waals surface area contributed by atoms with Crippen LogP contribution in [-0.4, -0.2) is 40.6 Å². The maximum atomic E-state index is 12.8. The molecule has 0 bridgehead atoms. The predicted molar refractivity (Wildman–Crippen MR) is 115 cm³/mol. The summed E-state index contributed by atoms with van der Waals surface area (Å²) in [7, 11) is 0. The first-order valence-electron chi connectivity index (χ1n) is 9.56. The minimum absolute atomic E-state index is 0.0729. The summed E-state index contributed by atoms with van der Waals surface area (Å²) >= 11 is 5.08. The molecule has 1 aliphatic heterocycles. The average Bonchev–Trinajstić information content (AvgIpc) is 2.86. The molecule has 168 valence electrons. The van der Waals surface area contributed by atoms with Crippen LogP contribution >= 0.6 is 6.72 Å². The molecule has 1 aliphatic rings. The summed E-state index contributed by atoms with van der Waals surface area (Å²) in [6.45, 7) is 5.54. The van der Waals surface area contributed by atoms with E-state index in [0.29, 0.717) is 6.42 Å². The van der Waals surface area contributed by atoms with E-state index in [2.05, 4.69) is 10.9 Å². The van der Waals surface area contributed by atoms with E-state index in [1.165, 1.54) is 16.8 Å². The lowest BCUT2D eigenvalue weighted by molar-refractivity contribution is -0.218. The van der Waals surface area contributed by atoms with Gasteiger partial charge in [0.2, 0.25) is 0 Å². The molecule has 1 aromatic rings. The van der Waals surface area contributed by atoms with E-state index in [4.69, 9.17) is 42.5 Å². The first kappa shape index (κ1) is 25.0. The standard InChI is InChI=1S/C19H30N3O6PS/c1-7-10-25-16-15(28-29(24,30)27-12(2)3)13(11-19(4,5)6)26-17(16)22-9-8-14(20)21-18(22)23/h1,8-9,12-13,15-17H,10-11H2,2-6H3,(H,24,30)(H2,20,21,23)/p-1/t13-,15+,16?,17-,29?/m1/s1. The van der Waals surface area contributed by atoms with E-state index in [1.54, 1.807) is 13.8 Å². The van der Waals surface area contributed by atoms with Crippen LogP contribution < -0.4 is 16.3 Å². The Balaban J connectivity index is 2.46. The smallest absolute Gasteiger partial charge is 0.351 e. The normalized spacial score (nSPS) is 26.5. The summed E-state index contributed by atoms with van der Waals surface area (Å²) < 4.78 is 24.3. The summed E-state index contributed by atoms with van der Waals surface area (Å²) in [6, 6.07) is 1.47. The number of nitrogen functional groups attached to an aromatic ring is 1. The Bertz CT molecular complexity index is 878. The summed E-state index contributed by atoms with van der Waals surface area (Å²) in [6.07, 6.45) is 3.66. The molecule has 11 heteroatoms. The monoisotopic (exact) mass is 458 g/mol. The Morgan fingerprint density at radius 1 is 1.47 bits per heavy atom. The van der Waals surface area contributed by atoms with Gasteiger partial charge in [0.25, 0.3) is 0 Å². The lowest BCUT2D eigenvalue weighted by Crippen LogP contribution is -2.40. The Hall–Kier alpha value is -1.31. The Labute approximate surface area is 182 Å². The second-order valence-corrected chi connectivity index (χ2v) is 11.2. The van der Waals surface area contributed by atoms with Crippen LogP contribution in [0.2, 0.25) is 0 Å². The zero-order valence-electron chi connectivity index (χ0n) is 17.8. The molecule has 0 amide bonds. The van der Waals surface area contributed by atoms with E-state index in [9.17, 15) is 9.69 Å². The first-order valence-corrected chi connectivity index (χ1v) is 12.1. The fourth-order valence-electron chi connectivity index (χ4n) is 3.20. The molecule has 1 fully saturated rings. The maximum Gasteiger partial charge on any atom is 0.351 e. The van der Waals surface area contributed by atoms with Crippen LogP contribution in [0.5, 0.6) is 0 Å². The number of nitrogens with zero attached hydrogens (tertiary/aromatic N) is 2. The SMILES string of the molecule is C#CCOC1[C@@H](OP([O-])(=S)OC(C)C)[C@@H](CC(C)(C)C)O[C@H]1n1ccc(N)nc1=O. The first-order chi connectivity index (χ1) is 13.8. The van der Waals surface area contributed by atoms with Gasteiger partial charge in [-0.1, -0.05) is 38.5 Å². The predicted octanol–water partition coefficient (Wildman–Crippen LogP) is 1.57. The third-order valence-corrected chi connectivity index (χ3v) is 5.87. The number of nitrogens with two attached hydrogens (primary N) is 1. The molecule has 1 aromatic heterocycles. The van der Waals surface area contributed by atoms with Gasteiger partial charge < -0.3 is 29.1 Å². The zero-order valence-corrected chi connectivity index (χ0v) is 19.5. The van der Waals surface area contributed by atoms with Crippen molar-refractivity contribution in [1.29, 1.82) is 0 Å². The Morgan fingerprint density at radius 2 is 2.13 bits per heavy atom. The molecule has 2 N–H and O–H groups in total. The van der Waals surface area contributed by atoms with Gasteiger partial charge in [-0.15, -0.1) is 6.42 Å². The van der Waals surface area contributed by atoms with Gasteiger partial charge >= 0.3 is 5.69 Å². The van der Waals surface area contributed by atoms with E-state index >= 15 is 0 Å².